The molecule has 0 radical (unpaired) electrons. The molecule has 1 aliphatic heterocycles. The number of benzene rings is 2. The van der Waals surface area contributed by atoms with Gasteiger partial charge in [-0.05, 0) is 36.4 Å². The van der Waals surface area contributed by atoms with Gasteiger partial charge in [0.1, 0.15) is 5.75 Å². The molecule has 2 heterocycles. The van der Waals surface area contributed by atoms with Gasteiger partial charge in [-0.25, -0.2) is 4.98 Å². The predicted octanol–water partition coefficient (Wildman–Crippen LogP) is 3.41. The van der Waals surface area contributed by atoms with Gasteiger partial charge in [-0.2, -0.15) is 0 Å². The SMILES string of the molecule is O=C1Nc2ccc3ncsc3c2/C1=C/Nc1ccc(O)cc1. The highest BCUT2D eigenvalue weighted by Crippen LogP contribution is 2.39. The van der Waals surface area contributed by atoms with Crippen LogP contribution in [0.2, 0.25) is 0 Å². The number of phenols is 1. The van der Waals surface area contributed by atoms with Crippen molar-refractivity contribution >= 4 is 44.4 Å². The van der Waals surface area contributed by atoms with E-state index in [0.717, 1.165) is 27.2 Å². The Balaban J connectivity index is 1.76. The summed E-state index contributed by atoms with van der Waals surface area (Å²) >= 11 is 1.52. The summed E-state index contributed by atoms with van der Waals surface area (Å²) in [5.41, 5.74) is 5.73. The molecule has 108 valence electrons. The number of aromatic nitrogens is 1. The molecule has 3 aromatic rings. The van der Waals surface area contributed by atoms with Gasteiger partial charge in [0.05, 0.1) is 27.0 Å². The van der Waals surface area contributed by atoms with Gasteiger partial charge >= 0.3 is 0 Å². The Morgan fingerprint density at radius 2 is 2.00 bits per heavy atom. The first-order chi connectivity index (χ1) is 10.7. The van der Waals surface area contributed by atoms with Gasteiger partial charge in [0, 0.05) is 17.5 Å². The number of nitrogens with one attached hydrogen (secondary N) is 2. The number of amides is 1. The van der Waals surface area contributed by atoms with Gasteiger partial charge in [0.25, 0.3) is 5.91 Å². The van der Waals surface area contributed by atoms with Crippen molar-refractivity contribution in [1.29, 1.82) is 0 Å². The Morgan fingerprint density at radius 3 is 2.82 bits per heavy atom. The fraction of sp³-hybridized carbons (Fsp3) is 0. The molecule has 1 aromatic heterocycles. The first-order valence-electron chi connectivity index (χ1n) is 6.66. The van der Waals surface area contributed by atoms with Crippen LogP contribution in [0.25, 0.3) is 15.8 Å². The van der Waals surface area contributed by atoms with Crippen molar-refractivity contribution in [3.8, 4) is 5.75 Å². The lowest BCUT2D eigenvalue weighted by Gasteiger charge is -2.03. The number of rotatable bonds is 2. The van der Waals surface area contributed by atoms with Crippen LogP contribution < -0.4 is 10.6 Å². The minimum Gasteiger partial charge on any atom is -0.508 e. The summed E-state index contributed by atoms with van der Waals surface area (Å²) in [6.07, 6.45) is 1.69. The number of hydrogen-bond donors (Lipinski definition) is 3. The first-order valence-corrected chi connectivity index (χ1v) is 7.54. The predicted molar refractivity (Wildman–Crippen MR) is 88.0 cm³/mol. The van der Waals surface area contributed by atoms with Crippen molar-refractivity contribution in [2.24, 2.45) is 0 Å². The third-order valence-corrected chi connectivity index (χ3v) is 4.37. The normalized spacial score (nSPS) is 15.1. The molecule has 3 N–H and O–H groups in total. The summed E-state index contributed by atoms with van der Waals surface area (Å²) in [6.45, 7) is 0. The van der Waals surface area contributed by atoms with E-state index in [-0.39, 0.29) is 11.7 Å². The maximum Gasteiger partial charge on any atom is 0.257 e. The lowest BCUT2D eigenvalue weighted by molar-refractivity contribution is -0.110. The Labute approximate surface area is 129 Å². The summed E-state index contributed by atoms with van der Waals surface area (Å²) in [6, 6.07) is 10.4. The molecule has 2 aromatic carbocycles. The molecular weight excluding hydrogens is 298 g/mol. The number of carbonyl (C=O) groups excluding carboxylic acids is 1. The maximum atomic E-state index is 12.2. The molecule has 6 heteroatoms. The topological polar surface area (TPSA) is 74.2 Å². The third kappa shape index (κ3) is 2.01. The summed E-state index contributed by atoms with van der Waals surface area (Å²) in [7, 11) is 0. The number of anilines is 2. The zero-order valence-corrected chi connectivity index (χ0v) is 12.1. The molecule has 5 nitrogen and oxygen atoms in total. The van der Waals surface area contributed by atoms with Crippen molar-refractivity contribution < 1.29 is 9.90 Å². The van der Waals surface area contributed by atoms with Crippen LogP contribution in [0.1, 0.15) is 5.56 Å². The molecule has 0 aliphatic carbocycles. The van der Waals surface area contributed by atoms with E-state index >= 15 is 0 Å². The molecule has 1 aliphatic rings. The Morgan fingerprint density at radius 1 is 1.18 bits per heavy atom. The van der Waals surface area contributed by atoms with E-state index in [1.54, 1.807) is 36.0 Å². The average molecular weight is 309 g/mol. The Bertz CT molecular complexity index is 913. The van der Waals surface area contributed by atoms with Crippen LogP contribution in [0, 0.1) is 0 Å². The molecule has 1 amide bonds. The average Bonchev–Trinajstić information content (AvgIpc) is 3.10. The van der Waals surface area contributed by atoms with Gasteiger partial charge in [-0.3, -0.25) is 4.79 Å². The molecule has 0 fully saturated rings. The van der Waals surface area contributed by atoms with Crippen LogP contribution in [0.3, 0.4) is 0 Å². The van der Waals surface area contributed by atoms with E-state index in [1.807, 2.05) is 12.1 Å². The van der Waals surface area contributed by atoms with E-state index in [2.05, 4.69) is 15.6 Å². The number of aromatic hydroxyl groups is 1. The minimum atomic E-state index is -0.137. The highest BCUT2D eigenvalue weighted by Gasteiger charge is 2.27. The van der Waals surface area contributed by atoms with E-state index in [9.17, 15) is 9.90 Å². The number of carbonyl (C=O) groups is 1. The zero-order chi connectivity index (χ0) is 15.1. The van der Waals surface area contributed by atoms with Crippen LogP contribution in [-0.2, 0) is 4.79 Å². The van der Waals surface area contributed by atoms with Crippen molar-refractivity contribution in [3.05, 3.63) is 53.7 Å². The lowest BCUT2D eigenvalue weighted by Crippen LogP contribution is -2.05. The summed E-state index contributed by atoms with van der Waals surface area (Å²) in [5, 5.41) is 15.2. The van der Waals surface area contributed by atoms with Gasteiger partial charge in [-0.15, -0.1) is 11.3 Å². The molecule has 0 unspecified atom stereocenters. The van der Waals surface area contributed by atoms with Crippen molar-refractivity contribution in [2.75, 3.05) is 10.6 Å². The molecule has 0 bridgehead atoms. The maximum absolute atomic E-state index is 12.2. The van der Waals surface area contributed by atoms with Gasteiger partial charge < -0.3 is 15.7 Å². The highest BCUT2D eigenvalue weighted by molar-refractivity contribution is 7.17. The number of phenolic OH excluding ortho intramolecular Hbond substituents is 1. The van der Waals surface area contributed by atoms with Crippen molar-refractivity contribution in [1.82, 2.24) is 4.98 Å². The van der Waals surface area contributed by atoms with Crippen LogP contribution in [0.15, 0.2) is 48.1 Å². The summed E-state index contributed by atoms with van der Waals surface area (Å²) < 4.78 is 0.995. The standard InChI is InChI=1S/C16H11N3O2S/c20-10-3-1-9(2-4-10)17-7-11-14-12(19-16(11)21)5-6-13-15(14)22-8-18-13/h1-8,17,20H,(H,19,21)/b11-7-. The number of thiazole rings is 1. The molecule has 0 saturated carbocycles. The molecular formula is C16H11N3O2S. The van der Waals surface area contributed by atoms with Gasteiger partial charge in [0.2, 0.25) is 0 Å². The van der Waals surface area contributed by atoms with E-state index in [4.69, 9.17) is 0 Å². The monoisotopic (exact) mass is 309 g/mol. The second-order valence-electron chi connectivity index (χ2n) is 4.89. The Kier molecular flexibility index (Phi) is 2.83. The minimum absolute atomic E-state index is 0.137. The molecule has 0 spiro atoms. The number of nitrogens with zero attached hydrogens (tertiary/aromatic N) is 1. The zero-order valence-electron chi connectivity index (χ0n) is 11.3. The van der Waals surface area contributed by atoms with Crippen LogP contribution >= 0.6 is 11.3 Å². The summed E-state index contributed by atoms with van der Waals surface area (Å²) in [4.78, 5) is 16.5. The van der Waals surface area contributed by atoms with Crippen molar-refractivity contribution in [2.45, 2.75) is 0 Å². The van der Waals surface area contributed by atoms with Crippen molar-refractivity contribution in [3.63, 3.8) is 0 Å². The van der Waals surface area contributed by atoms with Crippen LogP contribution in [-0.4, -0.2) is 16.0 Å². The summed E-state index contributed by atoms with van der Waals surface area (Å²) in [5.74, 6) is 0.0655. The second kappa shape index (κ2) is 4.85. The van der Waals surface area contributed by atoms with Crippen LogP contribution in [0.5, 0.6) is 5.75 Å². The largest absolute Gasteiger partial charge is 0.508 e. The molecule has 0 saturated heterocycles. The van der Waals surface area contributed by atoms with Crippen LogP contribution in [0.4, 0.5) is 11.4 Å². The Hall–Kier alpha value is -2.86. The van der Waals surface area contributed by atoms with E-state index in [0.29, 0.717) is 5.57 Å². The molecule has 4 rings (SSSR count). The molecule has 0 atom stereocenters. The van der Waals surface area contributed by atoms with E-state index in [1.165, 1.54) is 11.3 Å². The second-order valence-corrected chi connectivity index (χ2v) is 5.75. The molecule has 22 heavy (non-hydrogen) atoms. The number of hydrogen-bond acceptors (Lipinski definition) is 5. The van der Waals surface area contributed by atoms with E-state index < -0.39 is 0 Å². The quantitative estimate of drug-likeness (QED) is 0.501. The fourth-order valence-corrected chi connectivity index (χ4v) is 3.31. The number of fused-ring (bicyclic) bond motifs is 3. The fourth-order valence-electron chi connectivity index (χ4n) is 2.45. The highest BCUT2D eigenvalue weighted by atomic mass is 32.1. The third-order valence-electron chi connectivity index (χ3n) is 3.51. The van der Waals surface area contributed by atoms with Gasteiger partial charge in [-0.1, -0.05) is 0 Å². The first kappa shape index (κ1) is 12.8. The lowest BCUT2D eigenvalue weighted by atomic mass is 10.1. The van der Waals surface area contributed by atoms with Gasteiger partial charge in [0.15, 0.2) is 0 Å². The smallest absolute Gasteiger partial charge is 0.257 e.